The van der Waals surface area contributed by atoms with Crippen molar-refractivity contribution in [3.05, 3.63) is 112 Å². The summed E-state index contributed by atoms with van der Waals surface area (Å²) in [6.45, 7) is 2.53. The molecule has 1 fully saturated rings. The van der Waals surface area contributed by atoms with E-state index in [4.69, 9.17) is 21.1 Å². The summed E-state index contributed by atoms with van der Waals surface area (Å²) < 4.78 is 25.1. The van der Waals surface area contributed by atoms with Crippen molar-refractivity contribution >= 4 is 40.4 Å². The molecule has 1 saturated heterocycles. The molecule has 0 spiro atoms. The molecule has 38 heavy (non-hydrogen) atoms. The van der Waals surface area contributed by atoms with Crippen LogP contribution in [-0.2, 0) is 17.9 Å². The molecule has 1 aliphatic heterocycles. The lowest BCUT2D eigenvalue weighted by atomic mass is 10.1. The Morgan fingerprint density at radius 1 is 0.974 bits per heavy atom. The van der Waals surface area contributed by atoms with E-state index in [0.29, 0.717) is 34.3 Å². The molecule has 1 aliphatic rings. The highest BCUT2D eigenvalue weighted by atomic mass is 35.5. The second kappa shape index (κ2) is 10.9. The average Bonchev–Trinajstić information content (AvgIpc) is 3.17. The van der Waals surface area contributed by atoms with E-state index in [1.807, 2.05) is 49.4 Å². The van der Waals surface area contributed by atoms with Crippen molar-refractivity contribution in [3.63, 3.8) is 0 Å². The van der Waals surface area contributed by atoms with Gasteiger partial charge in [0, 0.05) is 0 Å². The van der Waals surface area contributed by atoms with Crippen LogP contribution in [0.25, 0.3) is 16.8 Å². The number of nitrogens with zero attached hydrogens (tertiary/aromatic N) is 1. The van der Waals surface area contributed by atoms with Crippen LogP contribution in [0.5, 0.6) is 11.5 Å². The minimum atomic E-state index is -0.559. The van der Waals surface area contributed by atoms with Gasteiger partial charge in [0.05, 0.1) is 18.2 Å². The number of rotatable bonds is 8. The number of urea groups is 1. The van der Waals surface area contributed by atoms with Gasteiger partial charge in [0.2, 0.25) is 0 Å². The summed E-state index contributed by atoms with van der Waals surface area (Å²) in [5.74, 6) is -0.0712. The molecule has 3 amide bonds. The summed E-state index contributed by atoms with van der Waals surface area (Å²) in [6, 6.07) is 22.5. The maximum atomic E-state index is 13.2. The zero-order valence-electron chi connectivity index (χ0n) is 20.5. The van der Waals surface area contributed by atoms with Crippen molar-refractivity contribution in [1.29, 1.82) is 0 Å². The highest BCUT2D eigenvalue weighted by molar-refractivity contribution is 6.32. The van der Waals surface area contributed by atoms with Crippen LogP contribution >= 0.6 is 11.6 Å². The summed E-state index contributed by atoms with van der Waals surface area (Å²) in [5.41, 5.74) is 2.29. The second-order valence-electron chi connectivity index (χ2n) is 8.70. The lowest BCUT2D eigenvalue weighted by molar-refractivity contribution is -0.123. The zero-order valence-corrected chi connectivity index (χ0v) is 21.3. The molecule has 6 nitrogen and oxygen atoms in total. The molecule has 0 aromatic heterocycles. The van der Waals surface area contributed by atoms with Gasteiger partial charge in [0.1, 0.15) is 18.1 Å². The molecule has 0 radical (unpaired) electrons. The van der Waals surface area contributed by atoms with Gasteiger partial charge in [0.25, 0.3) is 5.91 Å². The Balaban J connectivity index is 1.38. The van der Waals surface area contributed by atoms with Crippen LogP contribution in [-0.4, -0.2) is 23.4 Å². The van der Waals surface area contributed by atoms with Crippen LogP contribution in [0.4, 0.5) is 9.18 Å². The normalized spacial score (nSPS) is 14.3. The number of halogens is 2. The molecule has 5 rings (SSSR count). The summed E-state index contributed by atoms with van der Waals surface area (Å²) >= 11 is 6.61. The van der Waals surface area contributed by atoms with E-state index in [-0.39, 0.29) is 18.8 Å². The predicted molar refractivity (Wildman–Crippen MR) is 144 cm³/mol. The Hall–Kier alpha value is -4.36. The minimum absolute atomic E-state index is 0.0220. The van der Waals surface area contributed by atoms with Crippen molar-refractivity contribution in [2.45, 2.75) is 20.1 Å². The maximum Gasteiger partial charge on any atom is 0.329 e. The van der Waals surface area contributed by atoms with Crippen molar-refractivity contribution < 1.29 is 23.5 Å². The molecule has 0 bridgehead atoms. The third-order valence-corrected chi connectivity index (χ3v) is 6.39. The number of hydrogen-bond donors (Lipinski definition) is 1. The molecular weight excluding hydrogens is 507 g/mol. The molecular formula is C30H24ClFN2O4. The Labute approximate surface area is 224 Å². The van der Waals surface area contributed by atoms with Gasteiger partial charge < -0.3 is 14.8 Å². The fraction of sp³-hybridized carbons (Fsp3) is 0.133. The van der Waals surface area contributed by atoms with Gasteiger partial charge in [-0.1, -0.05) is 66.2 Å². The third kappa shape index (κ3) is 5.33. The molecule has 0 unspecified atom stereocenters. The number of nitrogens with one attached hydrogen (secondary N) is 1. The summed E-state index contributed by atoms with van der Waals surface area (Å²) in [4.78, 5) is 26.5. The van der Waals surface area contributed by atoms with E-state index in [1.165, 1.54) is 30.3 Å². The number of hydrogen-bond acceptors (Lipinski definition) is 4. The van der Waals surface area contributed by atoms with Gasteiger partial charge >= 0.3 is 6.03 Å². The summed E-state index contributed by atoms with van der Waals surface area (Å²) in [7, 11) is 0. The number of fused-ring (bicyclic) bond motifs is 1. The van der Waals surface area contributed by atoms with Crippen molar-refractivity contribution in [2.24, 2.45) is 0 Å². The molecule has 4 aromatic carbocycles. The SMILES string of the molecule is CCOc1cc(/C=C2/NC(=O)N(Cc3ccc(F)cc3)C2=O)cc(Cl)c1OCc1cccc2ccccc12. The summed E-state index contributed by atoms with van der Waals surface area (Å²) in [6.07, 6.45) is 1.54. The largest absolute Gasteiger partial charge is 0.490 e. The quantitative estimate of drug-likeness (QED) is 0.203. The Morgan fingerprint density at radius 3 is 2.53 bits per heavy atom. The Kier molecular flexibility index (Phi) is 7.29. The van der Waals surface area contributed by atoms with Crippen LogP contribution in [0.3, 0.4) is 0 Å². The monoisotopic (exact) mass is 530 g/mol. The van der Waals surface area contributed by atoms with E-state index in [2.05, 4.69) is 5.32 Å². The number of imide groups is 1. The molecule has 8 heteroatoms. The fourth-order valence-corrected chi connectivity index (χ4v) is 4.57. The average molecular weight is 531 g/mol. The van der Waals surface area contributed by atoms with E-state index in [1.54, 1.807) is 12.1 Å². The van der Waals surface area contributed by atoms with E-state index < -0.39 is 17.8 Å². The molecule has 192 valence electrons. The first-order valence-corrected chi connectivity index (χ1v) is 12.5. The number of carbonyl (C=O) groups is 2. The smallest absolute Gasteiger partial charge is 0.329 e. The zero-order chi connectivity index (χ0) is 26.6. The number of amides is 3. The van der Waals surface area contributed by atoms with Gasteiger partial charge in [-0.25, -0.2) is 9.18 Å². The first kappa shape index (κ1) is 25.3. The lowest BCUT2D eigenvalue weighted by Crippen LogP contribution is -2.30. The molecule has 4 aromatic rings. The third-order valence-electron chi connectivity index (χ3n) is 6.11. The number of benzene rings is 4. The highest BCUT2D eigenvalue weighted by Crippen LogP contribution is 2.38. The Morgan fingerprint density at radius 2 is 1.74 bits per heavy atom. The van der Waals surface area contributed by atoms with Crippen LogP contribution in [0.2, 0.25) is 5.02 Å². The maximum absolute atomic E-state index is 13.2. The standard InChI is InChI=1S/C30H24ClFN2O4/c1-2-37-27-16-20(15-26-29(35)34(30(36)33-26)17-19-10-12-23(32)13-11-19)14-25(31)28(27)38-18-22-8-5-7-21-6-3-4-9-24(21)22/h3-16H,2,17-18H2,1H3,(H,33,36)/b26-15+. The molecule has 0 saturated carbocycles. The second-order valence-corrected chi connectivity index (χ2v) is 9.10. The van der Waals surface area contributed by atoms with Crippen LogP contribution in [0, 0.1) is 5.82 Å². The molecule has 1 heterocycles. The van der Waals surface area contributed by atoms with E-state index in [0.717, 1.165) is 21.2 Å². The molecule has 1 N–H and O–H groups in total. The van der Waals surface area contributed by atoms with Crippen LogP contribution < -0.4 is 14.8 Å². The van der Waals surface area contributed by atoms with Gasteiger partial charge in [-0.3, -0.25) is 9.69 Å². The Bertz CT molecular complexity index is 1550. The number of ether oxygens (including phenoxy) is 2. The van der Waals surface area contributed by atoms with Crippen molar-refractivity contribution in [3.8, 4) is 11.5 Å². The minimum Gasteiger partial charge on any atom is -0.490 e. The molecule has 0 aliphatic carbocycles. The predicted octanol–water partition coefficient (Wildman–Crippen LogP) is 6.70. The van der Waals surface area contributed by atoms with Gasteiger partial charge in [0.15, 0.2) is 11.5 Å². The van der Waals surface area contributed by atoms with Crippen LogP contribution in [0.1, 0.15) is 23.6 Å². The topological polar surface area (TPSA) is 67.9 Å². The van der Waals surface area contributed by atoms with E-state index >= 15 is 0 Å². The molecule has 0 atom stereocenters. The van der Waals surface area contributed by atoms with Crippen molar-refractivity contribution in [1.82, 2.24) is 10.2 Å². The van der Waals surface area contributed by atoms with Gasteiger partial charge in [-0.05, 0) is 64.7 Å². The number of carbonyl (C=O) groups excluding carboxylic acids is 2. The first-order valence-electron chi connectivity index (χ1n) is 12.1. The summed E-state index contributed by atoms with van der Waals surface area (Å²) in [5, 5.41) is 5.10. The fourth-order valence-electron chi connectivity index (χ4n) is 4.30. The van der Waals surface area contributed by atoms with E-state index in [9.17, 15) is 14.0 Å². The first-order chi connectivity index (χ1) is 18.4. The lowest BCUT2D eigenvalue weighted by Gasteiger charge is -2.15. The van der Waals surface area contributed by atoms with Gasteiger partial charge in [-0.2, -0.15) is 0 Å². The van der Waals surface area contributed by atoms with Gasteiger partial charge in [-0.15, -0.1) is 0 Å². The van der Waals surface area contributed by atoms with Crippen LogP contribution in [0.15, 0.2) is 84.6 Å². The van der Waals surface area contributed by atoms with Crippen molar-refractivity contribution in [2.75, 3.05) is 6.61 Å². The highest BCUT2D eigenvalue weighted by Gasteiger charge is 2.33.